The Bertz CT molecular complexity index is 582. The van der Waals surface area contributed by atoms with Gasteiger partial charge in [-0.05, 0) is 25.1 Å². The van der Waals surface area contributed by atoms with E-state index in [0.717, 1.165) is 0 Å². The van der Waals surface area contributed by atoms with Gasteiger partial charge in [-0.3, -0.25) is 4.79 Å². The molecular formula is C14H12ClFO2S. The van der Waals surface area contributed by atoms with Crippen molar-refractivity contribution in [3.05, 3.63) is 57.0 Å². The summed E-state index contributed by atoms with van der Waals surface area (Å²) in [7, 11) is 0. The second kappa shape index (κ2) is 6.28. The second-order valence-electron chi connectivity index (χ2n) is 4.01. The molecule has 0 saturated heterocycles. The van der Waals surface area contributed by atoms with Gasteiger partial charge in [0.25, 0.3) is 0 Å². The minimum atomic E-state index is -0.630. The fraction of sp³-hybridized carbons (Fsp3) is 0.214. The predicted octanol–water partition coefficient (Wildman–Crippen LogP) is 4.33. The molecule has 0 aliphatic carbocycles. The standard InChI is InChI=1S/C14H12ClFO2S/c1-9(14(17)12-6-7-13(15)19-12)18-8-10-4-2-3-5-11(10)16/h2-7,9H,8H2,1H3. The summed E-state index contributed by atoms with van der Waals surface area (Å²) in [6, 6.07) is 9.68. The number of Topliss-reactive ketones (excluding diaryl/α,β-unsaturated/α-hetero) is 1. The maximum Gasteiger partial charge on any atom is 0.201 e. The molecule has 5 heteroatoms. The van der Waals surface area contributed by atoms with E-state index < -0.39 is 6.10 Å². The van der Waals surface area contributed by atoms with Crippen molar-refractivity contribution in [3.8, 4) is 0 Å². The summed E-state index contributed by atoms with van der Waals surface area (Å²) in [5.74, 6) is -0.477. The summed E-state index contributed by atoms with van der Waals surface area (Å²) < 4.78 is 19.4. The third kappa shape index (κ3) is 3.62. The lowest BCUT2D eigenvalue weighted by atomic mass is 10.2. The van der Waals surface area contributed by atoms with Gasteiger partial charge in [-0.1, -0.05) is 29.8 Å². The largest absolute Gasteiger partial charge is 0.366 e. The molecule has 0 bridgehead atoms. The first-order valence-corrected chi connectivity index (χ1v) is 6.92. The Kier molecular flexibility index (Phi) is 4.69. The van der Waals surface area contributed by atoms with Crippen LogP contribution in [0.15, 0.2) is 36.4 Å². The average molecular weight is 299 g/mol. The molecule has 0 saturated carbocycles. The van der Waals surface area contributed by atoms with Gasteiger partial charge in [-0.15, -0.1) is 11.3 Å². The Hall–Kier alpha value is -1.23. The van der Waals surface area contributed by atoms with Crippen LogP contribution in [0.3, 0.4) is 0 Å². The third-order valence-corrected chi connectivity index (χ3v) is 3.88. The molecule has 1 atom stereocenters. The Balaban J connectivity index is 1.96. The van der Waals surface area contributed by atoms with Gasteiger partial charge in [-0.25, -0.2) is 4.39 Å². The van der Waals surface area contributed by atoms with Crippen LogP contribution in [0.2, 0.25) is 4.34 Å². The van der Waals surface area contributed by atoms with E-state index >= 15 is 0 Å². The fourth-order valence-electron chi connectivity index (χ4n) is 1.55. The molecule has 1 unspecified atom stereocenters. The van der Waals surface area contributed by atoms with Crippen LogP contribution in [0.25, 0.3) is 0 Å². The number of benzene rings is 1. The van der Waals surface area contributed by atoms with Gasteiger partial charge in [0.2, 0.25) is 5.78 Å². The minimum Gasteiger partial charge on any atom is -0.366 e. The molecule has 0 amide bonds. The first kappa shape index (κ1) is 14.2. The summed E-state index contributed by atoms with van der Waals surface area (Å²) in [5, 5.41) is 0. The van der Waals surface area contributed by atoms with Crippen molar-refractivity contribution in [1.82, 2.24) is 0 Å². The van der Waals surface area contributed by atoms with Gasteiger partial charge >= 0.3 is 0 Å². The molecule has 1 aromatic heterocycles. The normalized spacial score (nSPS) is 12.4. The number of halogens is 2. The van der Waals surface area contributed by atoms with Crippen LogP contribution in [0.1, 0.15) is 22.2 Å². The van der Waals surface area contributed by atoms with E-state index in [-0.39, 0.29) is 18.2 Å². The first-order valence-electron chi connectivity index (χ1n) is 5.72. The summed E-state index contributed by atoms with van der Waals surface area (Å²) in [6.45, 7) is 1.72. The monoisotopic (exact) mass is 298 g/mol. The molecule has 2 rings (SSSR count). The zero-order valence-electron chi connectivity index (χ0n) is 10.2. The van der Waals surface area contributed by atoms with E-state index in [1.165, 1.54) is 17.4 Å². The van der Waals surface area contributed by atoms with E-state index in [1.807, 2.05) is 0 Å². The van der Waals surface area contributed by atoms with Gasteiger partial charge in [-0.2, -0.15) is 0 Å². The number of ketones is 1. The highest BCUT2D eigenvalue weighted by Gasteiger charge is 2.18. The van der Waals surface area contributed by atoms with Crippen LogP contribution in [-0.4, -0.2) is 11.9 Å². The number of hydrogen-bond acceptors (Lipinski definition) is 3. The lowest BCUT2D eigenvalue weighted by molar-refractivity contribution is 0.0407. The molecule has 0 fully saturated rings. The summed E-state index contributed by atoms with van der Waals surface area (Å²) >= 11 is 6.99. The minimum absolute atomic E-state index is 0.0681. The smallest absolute Gasteiger partial charge is 0.201 e. The number of rotatable bonds is 5. The second-order valence-corrected chi connectivity index (χ2v) is 5.73. The summed E-state index contributed by atoms with van der Waals surface area (Å²) in [6.07, 6.45) is -0.630. The van der Waals surface area contributed by atoms with Gasteiger partial charge < -0.3 is 4.74 Å². The predicted molar refractivity (Wildman–Crippen MR) is 74.3 cm³/mol. The molecule has 0 radical (unpaired) electrons. The Labute approximate surface area is 119 Å². The zero-order valence-corrected chi connectivity index (χ0v) is 11.8. The van der Waals surface area contributed by atoms with Crippen LogP contribution in [0.4, 0.5) is 4.39 Å². The highest BCUT2D eigenvalue weighted by atomic mass is 35.5. The fourth-order valence-corrected chi connectivity index (χ4v) is 2.61. The molecule has 1 aromatic carbocycles. The van der Waals surface area contributed by atoms with Crippen LogP contribution < -0.4 is 0 Å². The molecule has 0 spiro atoms. The van der Waals surface area contributed by atoms with E-state index in [0.29, 0.717) is 14.8 Å². The van der Waals surface area contributed by atoms with E-state index in [4.69, 9.17) is 16.3 Å². The highest BCUT2D eigenvalue weighted by Crippen LogP contribution is 2.23. The first-order chi connectivity index (χ1) is 9.08. The molecule has 1 heterocycles. The maximum atomic E-state index is 13.4. The molecule has 0 N–H and O–H groups in total. The van der Waals surface area contributed by atoms with Crippen molar-refractivity contribution >= 4 is 28.7 Å². The Morgan fingerprint density at radius 1 is 1.37 bits per heavy atom. The van der Waals surface area contributed by atoms with E-state index in [2.05, 4.69) is 0 Å². The lowest BCUT2D eigenvalue weighted by Gasteiger charge is -2.11. The lowest BCUT2D eigenvalue weighted by Crippen LogP contribution is -2.20. The van der Waals surface area contributed by atoms with Crippen molar-refractivity contribution in [2.75, 3.05) is 0 Å². The number of carbonyl (C=O) groups excluding carboxylic acids is 1. The average Bonchev–Trinajstić information content (AvgIpc) is 2.83. The summed E-state index contributed by atoms with van der Waals surface area (Å²) in [4.78, 5) is 12.5. The Morgan fingerprint density at radius 2 is 2.11 bits per heavy atom. The molecule has 2 aromatic rings. The molecule has 0 aliphatic rings. The molecule has 100 valence electrons. The van der Waals surface area contributed by atoms with Gasteiger partial charge in [0.05, 0.1) is 15.8 Å². The molecule has 19 heavy (non-hydrogen) atoms. The highest BCUT2D eigenvalue weighted by molar-refractivity contribution is 7.18. The third-order valence-electron chi connectivity index (χ3n) is 2.63. The van der Waals surface area contributed by atoms with Crippen LogP contribution in [0, 0.1) is 5.82 Å². The van der Waals surface area contributed by atoms with Gasteiger partial charge in [0.1, 0.15) is 11.9 Å². The maximum absolute atomic E-state index is 13.4. The van der Waals surface area contributed by atoms with Crippen LogP contribution in [0.5, 0.6) is 0 Å². The van der Waals surface area contributed by atoms with Crippen LogP contribution >= 0.6 is 22.9 Å². The topological polar surface area (TPSA) is 26.3 Å². The molecule has 2 nitrogen and oxygen atoms in total. The number of carbonyl (C=O) groups is 1. The van der Waals surface area contributed by atoms with E-state index in [9.17, 15) is 9.18 Å². The van der Waals surface area contributed by atoms with Gasteiger partial charge in [0, 0.05) is 5.56 Å². The summed E-state index contributed by atoms with van der Waals surface area (Å²) in [5.41, 5.74) is 0.436. The molecular weight excluding hydrogens is 287 g/mol. The van der Waals surface area contributed by atoms with E-state index in [1.54, 1.807) is 37.3 Å². The van der Waals surface area contributed by atoms with Crippen molar-refractivity contribution < 1.29 is 13.9 Å². The number of thiophene rings is 1. The van der Waals surface area contributed by atoms with Gasteiger partial charge in [0.15, 0.2) is 0 Å². The van der Waals surface area contributed by atoms with Crippen molar-refractivity contribution in [2.45, 2.75) is 19.6 Å². The number of ether oxygens (including phenoxy) is 1. The molecule has 0 aliphatic heterocycles. The van der Waals surface area contributed by atoms with Crippen molar-refractivity contribution in [1.29, 1.82) is 0 Å². The van der Waals surface area contributed by atoms with Crippen molar-refractivity contribution in [3.63, 3.8) is 0 Å². The zero-order chi connectivity index (χ0) is 13.8. The Morgan fingerprint density at radius 3 is 2.74 bits per heavy atom. The van der Waals surface area contributed by atoms with Crippen LogP contribution in [-0.2, 0) is 11.3 Å². The number of hydrogen-bond donors (Lipinski definition) is 0. The quantitative estimate of drug-likeness (QED) is 0.768. The SMILES string of the molecule is CC(OCc1ccccc1F)C(=O)c1ccc(Cl)s1. The van der Waals surface area contributed by atoms with Crippen molar-refractivity contribution in [2.24, 2.45) is 0 Å².